The van der Waals surface area contributed by atoms with E-state index in [0.29, 0.717) is 17.9 Å². The highest BCUT2D eigenvalue weighted by atomic mass is 32.1. The fraction of sp³-hybridized carbons (Fsp3) is 0.636. The fourth-order valence-corrected chi connectivity index (χ4v) is 2.05. The first-order valence-corrected chi connectivity index (χ1v) is 6.04. The summed E-state index contributed by atoms with van der Waals surface area (Å²) in [4.78, 5) is 19.7. The summed E-state index contributed by atoms with van der Waals surface area (Å²) in [5.74, 6) is 0. The number of aromatic nitrogens is 2. The second-order valence-corrected chi connectivity index (χ2v) is 5.60. The molecule has 1 amide bonds. The molecule has 6 heteroatoms. The fourth-order valence-electron chi connectivity index (χ4n) is 1.80. The van der Waals surface area contributed by atoms with Crippen molar-refractivity contribution in [3.63, 3.8) is 0 Å². The van der Waals surface area contributed by atoms with E-state index in [0.717, 1.165) is 17.8 Å². The van der Waals surface area contributed by atoms with Gasteiger partial charge in [0.05, 0.1) is 12.2 Å². The molecule has 1 aliphatic heterocycles. The number of ether oxygens (including phenoxy) is 1. The van der Waals surface area contributed by atoms with Crippen LogP contribution in [0.4, 0.5) is 4.79 Å². The highest BCUT2D eigenvalue weighted by molar-refractivity contribution is 7.71. The van der Waals surface area contributed by atoms with Gasteiger partial charge in [-0.15, -0.1) is 0 Å². The van der Waals surface area contributed by atoms with Crippen LogP contribution in [0.2, 0.25) is 0 Å². The highest BCUT2D eigenvalue weighted by Gasteiger charge is 2.26. The van der Waals surface area contributed by atoms with Crippen molar-refractivity contribution in [2.24, 2.45) is 0 Å². The molecule has 1 aliphatic rings. The Morgan fingerprint density at radius 1 is 1.35 bits per heavy atom. The molecule has 0 aromatic carbocycles. The molecule has 0 saturated heterocycles. The summed E-state index contributed by atoms with van der Waals surface area (Å²) < 4.78 is 5.95. The SMILES string of the molecule is CC(C)(C)OC(=O)N1CCc2[nH]c(=S)[nH]c2C1. The second kappa shape index (κ2) is 4.18. The van der Waals surface area contributed by atoms with E-state index in [1.54, 1.807) is 4.90 Å². The van der Waals surface area contributed by atoms with E-state index in [2.05, 4.69) is 9.97 Å². The molecule has 17 heavy (non-hydrogen) atoms. The monoisotopic (exact) mass is 255 g/mol. The third-order valence-electron chi connectivity index (χ3n) is 2.53. The van der Waals surface area contributed by atoms with E-state index in [-0.39, 0.29) is 6.09 Å². The van der Waals surface area contributed by atoms with Gasteiger partial charge in [0.1, 0.15) is 5.60 Å². The second-order valence-electron chi connectivity index (χ2n) is 5.19. The number of aromatic amines is 2. The molecule has 0 spiro atoms. The van der Waals surface area contributed by atoms with Gasteiger partial charge in [0.25, 0.3) is 0 Å². The van der Waals surface area contributed by atoms with Crippen molar-refractivity contribution in [3.8, 4) is 0 Å². The Bertz CT molecular complexity index is 484. The van der Waals surface area contributed by atoms with Crippen LogP contribution < -0.4 is 0 Å². The molecule has 2 N–H and O–H groups in total. The number of rotatable bonds is 0. The van der Waals surface area contributed by atoms with Crippen LogP contribution in [0.25, 0.3) is 0 Å². The first-order valence-electron chi connectivity index (χ1n) is 5.63. The molecule has 0 fully saturated rings. The van der Waals surface area contributed by atoms with E-state index >= 15 is 0 Å². The normalized spacial score (nSPS) is 15.6. The van der Waals surface area contributed by atoms with Crippen molar-refractivity contribution in [2.75, 3.05) is 6.54 Å². The van der Waals surface area contributed by atoms with Crippen molar-refractivity contribution in [3.05, 3.63) is 16.2 Å². The van der Waals surface area contributed by atoms with Crippen molar-refractivity contribution < 1.29 is 9.53 Å². The Balaban J connectivity index is 2.07. The number of amides is 1. The van der Waals surface area contributed by atoms with Crippen molar-refractivity contribution in [1.29, 1.82) is 0 Å². The van der Waals surface area contributed by atoms with Crippen molar-refractivity contribution in [1.82, 2.24) is 14.9 Å². The van der Waals surface area contributed by atoms with E-state index < -0.39 is 5.60 Å². The standard InChI is InChI=1S/C11H17N3O2S/c1-11(2,3)16-10(15)14-5-4-7-8(6-14)13-9(17)12-7/h4-6H2,1-3H3,(H2,12,13,17). The van der Waals surface area contributed by atoms with Gasteiger partial charge in [0.15, 0.2) is 4.77 Å². The number of carbonyl (C=O) groups is 1. The molecule has 0 radical (unpaired) electrons. The van der Waals surface area contributed by atoms with Crippen LogP contribution in [-0.2, 0) is 17.7 Å². The third-order valence-corrected chi connectivity index (χ3v) is 2.73. The zero-order valence-electron chi connectivity index (χ0n) is 10.3. The lowest BCUT2D eigenvalue weighted by Crippen LogP contribution is -2.39. The quantitative estimate of drug-likeness (QED) is 0.700. The topological polar surface area (TPSA) is 61.1 Å². The number of nitrogens with one attached hydrogen (secondary N) is 2. The lowest BCUT2D eigenvalue weighted by molar-refractivity contribution is 0.0221. The predicted octanol–water partition coefficient (Wildman–Crippen LogP) is 2.37. The van der Waals surface area contributed by atoms with Gasteiger partial charge in [-0.2, -0.15) is 0 Å². The zero-order chi connectivity index (χ0) is 12.6. The Hall–Kier alpha value is -1.30. The van der Waals surface area contributed by atoms with Crippen LogP contribution in [0.15, 0.2) is 0 Å². The van der Waals surface area contributed by atoms with Crippen LogP contribution in [0.1, 0.15) is 32.2 Å². The van der Waals surface area contributed by atoms with Gasteiger partial charge < -0.3 is 19.6 Å². The molecule has 0 atom stereocenters. The van der Waals surface area contributed by atoms with Gasteiger partial charge in [0, 0.05) is 18.7 Å². The summed E-state index contributed by atoms with van der Waals surface area (Å²) in [5, 5.41) is 0. The van der Waals surface area contributed by atoms with Crippen molar-refractivity contribution in [2.45, 2.75) is 39.3 Å². The molecule has 2 rings (SSSR count). The molecule has 1 aromatic heterocycles. The summed E-state index contributed by atoms with van der Waals surface area (Å²) in [6, 6.07) is 0. The average Bonchev–Trinajstić information content (AvgIpc) is 2.53. The highest BCUT2D eigenvalue weighted by Crippen LogP contribution is 2.18. The summed E-state index contributed by atoms with van der Waals surface area (Å²) in [6.45, 7) is 6.78. The van der Waals surface area contributed by atoms with Gasteiger partial charge in [-0.1, -0.05) is 0 Å². The summed E-state index contributed by atoms with van der Waals surface area (Å²) in [7, 11) is 0. The van der Waals surface area contributed by atoms with Crippen LogP contribution in [0, 0.1) is 4.77 Å². The average molecular weight is 255 g/mol. The molecular formula is C11H17N3O2S. The van der Waals surface area contributed by atoms with E-state index in [9.17, 15) is 4.79 Å². The van der Waals surface area contributed by atoms with E-state index in [1.807, 2.05) is 20.8 Å². The van der Waals surface area contributed by atoms with Crippen LogP contribution in [0.5, 0.6) is 0 Å². The molecule has 0 bridgehead atoms. The maximum absolute atomic E-state index is 11.9. The number of nitrogens with zero attached hydrogens (tertiary/aromatic N) is 1. The Morgan fingerprint density at radius 2 is 2.00 bits per heavy atom. The van der Waals surface area contributed by atoms with Gasteiger partial charge in [0.2, 0.25) is 0 Å². The molecule has 0 aliphatic carbocycles. The van der Waals surface area contributed by atoms with Crippen molar-refractivity contribution >= 4 is 18.3 Å². The summed E-state index contributed by atoms with van der Waals surface area (Å²) >= 11 is 5.03. The number of fused-ring (bicyclic) bond motifs is 1. The zero-order valence-corrected chi connectivity index (χ0v) is 11.1. The first-order chi connectivity index (χ1) is 7.85. The molecule has 0 saturated carbocycles. The lowest BCUT2D eigenvalue weighted by atomic mass is 10.1. The summed E-state index contributed by atoms with van der Waals surface area (Å²) in [6.07, 6.45) is 0.505. The smallest absolute Gasteiger partial charge is 0.410 e. The summed E-state index contributed by atoms with van der Waals surface area (Å²) in [5.41, 5.74) is 1.62. The molecule has 2 heterocycles. The number of hydrogen-bond donors (Lipinski definition) is 2. The van der Waals surface area contributed by atoms with Gasteiger partial charge in [-0.05, 0) is 33.0 Å². The maximum Gasteiger partial charge on any atom is 0.410 e. The number of hydrogen-bond acceptors (Lipinski definition) is 3. The van der Waals surface area contributed by atoms with Gasteiger partial charge >= 0.3 is 6.09 Å². The van der Waals surface area contributed by atoms with E-state index in [4.69, 9.17) is 17.0 Å². The number of carbonyl (C=O) groups excluding carboxylic acids is 1. The minimum atomic E-state index is -0.456. The van der Waals surface area contributed by atoms with E-state index in [1.165, 1.54) is 0 Å². The minimum absolute atomic E-state index is 0.274. The third kappa shape index (κ3) is 2.88. The molecule has 1 aromatic rings. The number of H-pyrrole nitrogens is 2. The van der Waals surface area contributed by atoms with Crippen LogP contribution >= 0.6 is 12.2 Å². The predicted molar refractivity (Wildman–Crippen MR) is 66.3 cm³/mol. The Labute approximate surface area is 105 Å². The molecule has 5 nitrogen and oxygen atoms in total. The lowest BCUT2D eigenvalue weighted by Gasteiger charge is -2.29. The van der Waals surface area contributed by atoms with Gasteiger partial charge in [-0.25, -0.2) is 4.79 Å². The minimum Gasteiger partial charge on any atom is -0.444 e. The van der Waals surface area contributed by atoms with Gasteiger partial charge in [-0.3, -0.25) is 0 Å². The first kappa shape index (κ1) is 12.2. The molecule has 94 valence electrons. The van der Waals surface area contributed by atoms with Crippen LogP contribution in [0.3, 0.4) is 0 Å². The Kier molecular flexibility index (Phi) is 2.99. The number of imidazole rings is 1. The Morgan fingerprint density at radius 3 is 2.65 bits per heavy atom. The molecule has 0 unspecified atom stereocenters. The molecular weight excluding hydrogens is 238 g/mol. The van der Waals surface area contributed by atoms with Crippen LogP contribution in [-0.4, -0.2) is 33.1 Å². The largest absolute Gasteiger partial charge is 0.444 e. The maximum atomic E-state index is 11.9.